The molecule has 0 saturated heterocycles. The van der Waals surface area contributed by atoms with Gasteiger partial charge >= 0.3 is 29.6 Å². The zero-order valence-electron chi connectivity index (χ0n) is 4.84. The number of thiocyanates is 1. The molecule has 0 atom stereocenters. The van der Waals surface area contributed by atoms with Crippen LogP contribution in [0.15, 0.2) is 0 Å². The largest absolute Gasteiger partial charge is 1.00 e. The van der Waals surface area contributed by atoms with E-state index in [1.807, 2.05) is 0 Å². The van der Waals surface area contributed by atoms with Crippen molar-refractivity contribution in [1.29, 1.82) is 5.26 Å². The second-order valence-corrected chi connectivity index (χ2v) is 1.87. The third-order valence-electron chi connectivity index (χ3n) is 0.0373. The quantitative estimate of drug-likeness (QED) is 0.162. The van der Waals surface area contributed by atoms with E-state index in [0.29, 0.717) is 0 Å². The number of nitrogens with zero attached hydrogens (tertiary/aromatic N) is 1. The van der Waals surface area contributed by atoms with Gasteiger partial charge in [-0.15, -0.1) is 12.0 Å². The van der Waals surface area contributed by atoms with Gasteiger partial charge in [-0.05, 0) is 0 Å². The normalized spacial score (nSPS) is 7.90. The molecule has 0 bridgehead atoms. The van der Waals surface area contributed by atoms with Crippen LogP contribution in [0.4, 0.5) is 0 Å². The molecule has 0 spiro atoms. The van der Waals surface area contributed by atoms with Crippen molar-refractivity contribution in [2.24, 2.45) is 0 Å². The first kappa shape index (κ1) is 17.1. The molecule has 0 fully saturated rings. The van der Waals surface area contributed by atoms with Gasteiger partial charge in [-0.3, -0.25) is 0 Å². The third kappa shape index (κ3) is 153. The molecule has 0 rings (SSSR count). The van der Waals surface area contributed by atoms with Gasteiger partial charge in [-0.25, -0.2) is 0 Å². The molecule has 0 aromatic heterocycles. The van der Waals surface area contributed by atoms with Crippen LogP contribution in [-0.2, 0) is 4.57 Å². The number of rotatable bonds is 0. The third-order valence-corrected chi connectivity index (χ3v) is 0.112. The Kier molecular flexibility index (Phi) is 17.0. The van der Waals surface area contributed by atoms with Gasteiger partial charge in [0.15, 0.2) is 0 Å². The van der Waals surface area contributed by atoms with Crippen molar-refractivity contribution in [3.8, 4) is 5.40 Å². The molecule has 0 aliphatic carbocycles. The van der Waals surface area contributed by atoms with Crippen LogP contribution in [0.25, 0.3) is 0 Å². The average Bonchev–Trinajstić information content (AvgIpc) is 1.61. The van der Waals surface area contributed by atoms with Gasteiger partial charge in [-0.1, -0.05) is 0 Å². The maximum atomic E-state index is 8.85. The van der Waals surface area contributed by atoms with Crippen molar-refractivity contribution in [1.82, 2.24) is 0 Å². The molecule has 10 heavy (non-hydrogen) atoms. The summed E-state index contributed by atoms with van der Waals surface area (Å²) in [5, 5.41) is 8.57. The summed E-state index contributed by atoms with van der Waals surface area (Å²) in [7, 11) is -5.39. The second kappa shape index (κ2) is 9.91. The van der Waals surface area contributed by atoms with Gasteiger partial charge in [0.1, 0.15) is 5.40 Å². The van der Waals surface area contributed by atoms with Gasteiger partial charge in [-0.2, -0.15) is 13.1 Å². The van der Waals surface area contributed by atoms with E-state index in [2.05, 4.69) is 0 Å². The van der Waals surface area contributed by atoms with E-state index in [1.54, 1.807) is 0 Å². The minimum absolute atomic E-state index is 0. The van der Waals surface area contributed by atoms with E-state index < -0.39 is 7.82 Å². The molecule has 6 nitrogen and oxygen atoms in total. The first-order chi connectivity index (χ1) is 3.91. The summed E-state index contributed by atoms with van der Waals surface area (Å²) in [6.07, 6.45) is 0. The Bertz CT molecular complexity index is 131. The summed E-state index contributed by atoms with van der Waals surface area (Å²) < 4.78 is 17.4. The van der Waals surface area contributed by atoms with E-state index in [9.17, 15) is 0 Å². The Balaban J connectivity index is -0.0000000910. The summed E-state index contributed by atoms with van der Waals surface area (Å²) in [6.45, 7) is 0. The first-order valence-corrected chi connectivity index (χ1v) is 3.53. The smallest absolute Gasteiger partial charge is 0.822 e. The van der Waals surface area contributed by atoms with Crippen molar-refractivity contribution >= 4 is 19.9 Å². The summed E-state index contributed by atoms with van der Waals surface area (Å²) in [4.78, 5) is 25.6. The van der Waals surface area contributed by atoms with Crippen LogP contribution < -0.4 is 44.2 Å². The fraction of sp³-hybridized carbons (Fsp3) is 0. The van der Waals surface area contributed by atoms with Crippen LogP contribution in [-0.4, -0.2) is 4.55 Å². The monoisotopic (exact) mass is 192 g/mol. The summed E-state index contributed by atoms with van der Waals surface area (Å²) in [5.41, 5.74) is 0. The summed E-state index contributed by atoms with van der Waals surface area (Å²) in [6, 6.07) is 0. The summed E-state index contributed by atoms with van der Waals surface area (Å²) >= 11 is -0.0880. The molecule has 0 aromatic carbocycles. The number of nitriles is 1. The molecular weight excluding hydrogens is 192 g/mol. The van der Waals surface area contributed by atoms with Crippen molar-refractivity contribution in [2.75, 3.05) is 0 Å². The standard InChI is InChI=1S/CHNOS.Na.H3O4P/c2-1-4-3;;1-5(2,3)4/h3H;;(H3,1,2,3,4)/q;+1;/p-4. The van der Waals surface area contributed by atoms with Gasteiger partial charge in [0.25, 0.3) is 0 Å². The number of hydrogen-bond acceptors (Lipinski definition) is 7. The van der Waals surface area contributed by atoms with Crippen LogP contribution in [0.1, 0.15) is 0 Å². The van der Waals surface area contributed by atoms with Crippen molar-refractivity contribution in [3.05, 3.63) is 0 Å². The summed E-state index contributed by atoms with van der Waals surface area (Å²) in [5.74, 6) is 0. The maximum Gasteiger partial charge on any atom is 1.00 e. The fourth-order valence-electron chi connectivity index (χ4n) is 0. The Hall–Kier alpha value is 0.910. The zero-order valence-corrected chi connectivity index (χ0v) is 8.55. The van der Waals surface area contributed by atoms with Crippen LogP contribution in [0, 0.1) is 10.7 Å². The van der Waals surface area contributed by atoms with Crippen LogP contribution in [0.5, 0.6) is 0 Å². The van der Waals surface area contributed by atoms with Crippen molar-refractivity contribution in [3.63, 3.8) is 0 Å². The van der Waals surface area contributed by atoms with E-state index in [0.717, 1.165) is 0 Å². The Labute approximate surface area is 83.6 Å². The van der Waals surface area contributed by atoms with Gasteiger partial charge in [0.2, 0.25) is 0 Å². The molecule has 0 radical (unpaired) electrons. The topological polar surface area (TPSA) is 133 Å². The zero-order chi connectivity index (χ0) is 7.91. The predicted molar refractivity (Wildman–Crippen MR) is 21.6 cm³/mol. The minimum Gasteiger partial charge on any atom is -0.822 e. The Morgan fingerprint density at radius 3 is 1.50 bits per heavy atom. The molecule has 0 heterocycles. The van der Waals surface area contributed by atoms with Crippen molar-refractivity contribution in [2.45, 2.75) is 0 Å². The number of hydrogen-bond donors (Lipinski definition) is 0. The van der Waals surface area contributed by atoms with Crippen LogP contribution in [0.2, 0.25) is 0 Å². The Morgan fingerprint density at radius 1 is 1.40 bits per heavy atom. The predicted octanol–water partition coefficient (Wildman–Crippen LogP) is -5.49. The molecule has 0 aliphatic rings. The van der Waals surface area contributed by atoms with Crippen molar-refractivity contribution < 1.29 is 53.4 Å². The SMILES string of the molecule is N#CS[O-].O=P([O-])([O-])[O-].[Na+]. The van der Waals surface area contributed by atoms with E-state index in [4.69, 9.17) is 29.1 Å². The van der Waals surface area contributed by atoms with E-state index >= 15 is 0 Å². The number of phosphoric acid groups is 1. The van der Waals surface area contributed by atoms with Gasteiger partial charge in [0.05, 0.1) is 0 Å². The molecule has 0 N–H and O–H groups in total. The first-order valence-electron chi connectivity index (χ1n) is 1.32. The molecule has 0 saturated carbocycles. The molecule has 0 aliphatic heterocycles. The van der Waals surface area contributed by atoms with Gasteiger partial charge in [0, 0.05) is 0 Å². The van der Waals surface area contributed by atoms with E-state index in [1.165, 1.54) is 5.40 Å². The molecule has 54 valence electrons. The van der Waals surface area contributed by atoms with E-state index in [-0.39, 0.29) is 41.6 Å². The molecule has 0 aromatic rings. The maximum absolute atomic E-state index is 8.85. The average molecular weight is 192 g/mol. The molecular formula is CNNaO5PS-3. The molecule has 0 unspecified atom stereocenters. The van der Waals surface area contributed by atoms with Gasteiger partial charge < -0.3 is 23.8 Å². The minimum atomic E-state index is -5.39. The van der Waals surface area contributed by atoms with Crippen LogP contribution in [0.3, 0.4) is 0 Å². The Morgan fingerprint density at radius 2 is 1.50 bits per heavy atom. The van der Waals surface area contributed by atoms with Crippen LogP contribution >= 0.6 is 19.9 Å². The molecule has 0 amide bonds. The molecule has 9 heteroatoms. The second-order valence-electron chi connectivity index (χ2n) is 0.622. The fourth-order valence-corrected chi connectivity index (χ4v) is 0.